The maximum absolute atomic E-state index is 5.49. The molecule has 0 aliphatic carbocycles. The van der Waals surface area contributed by atoms with Crippen LogP contribution in [0.2, 0.25) is 0 Å². The van der Waals surface area contributed by atoms with Crippen molar-refractivity contribution in [2.75, 3.05) is 19.4 Å². The van der Waals surface area contributed by atoms with Gasteiger partial charge in [0.25, 0.3) is 0 Å². The second kappa shape index (κ2) is 6.67. The van der Waals surface area contributed by atoms with Crippen molar-refractivity contribution >= 4 is 11.8 Å². The van der Waals surface area contributed by atoms with Crippen molar-refractivity contribution in [2.24, 2.45) is 0 Å². The molecule has 1 aliphatic heterocycles. The summed E-state index contributed by atoms with van der Waals surface area (Å²) in [6.07, 6.45) is 3.70. The summed E-state index contributed by atoms with van der Waals surface area (Å²) in [6, 6.07) is 8.90. The molecule has 1 heterocycles. The summed E-state index contributed by atoms with van der Waals surface area (Å²) in [6.45, 7) is 5.63. The quantitative estimate of drug-likeness (QED) is 0.861. The number of nitrogens with one attached hydrogen (secondary N) is 1. The normalized spacial score (nSPS) is 24.4. The van der Waals surface area contributed by atoms with E-state index in [1.54, 1.807) is 7.11 Å². The highest BCUT2D eigenvalue weighted by molar-refractivity contribution is 8.00. The zero-order valence-corrected chi connectivity index (χ0v) is 13.1. The Kier molecular flexibility index (Phi) is 5.17. The number of ether oxygens (including phenoxy) is 1. The molecule has 0 radical (unpaired) electrons. The minimum atomic E-state index is 0.358. The summed E-state index contributed by atoms with van der Waals surface area (Å²) in [5.41, 5.74) is 1.31. The lowest BCUT2D eigenvalue weighted by atomic mass is 9.90. The standard InChI is InChI=1S/C16H25NOS/c1-4-17-15(16(2)10-7-11-19-16)12-13-8-5-6-9-14(13)18-3/h5-6,8-9,15,17H,4,7,10-12H2,1-3H3. The fraction of sp³-hybridized carbons (Fsp3) is 0.625. The molecule has 1 N–H and O–H groups in total. The Bertz CT molecular complexity index is 401. The Morgan fingerprint density at radius 2 is 2.21 bits per heavy atom. The average molecular weight is 279 g/mol. The van der Waals surface area contributed by atoms with Gasteiger partial charge in [-0.3, -0.25) is 0 Å². The minimum absolute atomic E-state index is 0.358. The first-order valence-electron chi connectivity index (χ1n) is 7.19. The van der Waals surface area contributed by atoms with Crippen LogP contribution in [0.1, 0.15) is 32.3 Å². The number of methoxy groups -OCH3 is 1. The van der Waals surface area contributed by atoms with Gasteiger partial charge in [-0.05, 0) is 50.1 Å². The van der Waals surface area contributed by atoms with Crippen LogP contribution in [0.4, 0.5) is 0 Å². The van der Waals surface area contributed by atoms with Crippen molar-refractivity contribution in [3.63, 3.8) is 0 Å². The van der Waals surface area contributed by atoms with E-state index in [2.05, 4.69) is 49.1 Å². The summed E-state index contributed by atoms with van der Waals surface area (Å²) in [4.78, 5) is 0. The van der Waals surface area contributed by atoms with Crippen LogP contribution in [0.15, 0.2) is 24.3 Å². The van der Waals surface area contributed by atoms with E-state index in [0.29, 0.717) is 10.8 Å². The van der Waals surface area contributed by atoms with Gasteiger partial charge in [-0.25, -0.2) is 0 Å². The molecule has 2 unspecified atom stereocenters. The van der Waals surface area contributed by atoms with E-state index in [-0.39, 0.29) is 0 Å². The van der Waals surface area contributed by atoms with Gasteiger partial charge < -0.3 is 10.1 Å². The molecule has 3 heteroatoms. The second-order valence-corrected chi connectivity index (χ2v) is 7.02. The summed E-state index contributed by atoms with van der Waals surface area (Å²) in [5, 5.41) is 3.69. The molecular weight excluding hydrogens is 254 g/mol. The van der Waals surface area contributed by atoms with Crippen LogP contribution in [-0.4, -0.2) is 30.2 Å². The van der Waals surface area contributed by atoms with Crippen LogP contribution in [0.25, 0.3) is 0 Å². The SMILES string of the molecule is CCNC(Cc1ccccc1OC)C1(C)CCCS1. The van der Waals surface area contributed by atoms with Crippen LogP contribution >= 0.6 is 11.8 Å². The van der Waals surface area contributed by atoms with Crippen molar-refractivity contribution in [3.8, 4) is 5.75 Å². The highest BCUT2D eigenvalue weighted by Gasteiger charge is 2.37. The van der Waals surface area contributed by atoms with Gasteiger partial charge in [0.05, 0.1) is 7.11 Å². The molecule has 2 nitrogen and oxygen atoms in total. The van der Waals surface area contributed by atoms with E-state index >= 15 is 0 Å². The van der Waals surface area contributed by atoms with E-state index < -0.39 is 0 Å². The molecule has 0 aromatic heterocycles. The largest absolute Gasteiger partial charge is 0.496 e. The maximum atomic E-state index is 5.49. The van der Waals surface area contributed by atoms with E-state index in [0.717, 1.165) is 18.7 Å². The molecule has 1 aliphatic rings. The van der Waals surface area contributed by atoms with Gasteiger partial charge in [0.15, 0.2) is 0 Å². The molecule has 19 heavy (non-hydrogen) atoms. The Morgan fingerprint density at radius 3 is 2.84 bits per heavy atom. The average Bonchev–Trinajstić information content (AvgIpc) is 2.87. The molecule has 1 aromatic rings. The molecule has 106 valence electrons. The summed E-state index contributed by atoms with van der Waals surface area (Å²) >= 11 is 2.12. The number of rotatable bonds is 6. The van der Waals surface area contributed by atoms with E-state index in [4.69, 9.17) is 4.74 Å². The number of thioether (sulfide) groups is 1. The predicted octanol–water partition coefficient (Wildman–Crippen LogP) is 3.50. The van der Waals surface area contributed by atoms with Crippen LogP contribution in [0.5, 0.6) is 5.75 Å². The van der Waals surface area contributed by atoms with Crippen molar-refractivity contribution in [2.45, 2.75) is 43.9 Å². The monoisotopic (exact) mass is 279 g/mol. The number of para-hydroxylation sites is 1. The topological polar surface area (TPSA) is 21.3 Å². The summed E-state index contributed by atoms with van der Waals surface area (Å²) in [7, 11) is 1.76. The lowest BCUT2D eigenvalue weighted by Crippen LogP contribution is -2.46. The Labute approximate surface area is 121 Å². The van der Waals surface area contributed by atoms with Gasteiger partial charge in [0.2, 0.25) is 0 Å². The maximum Gasteiger partial charge on any atom is 0.122 e. The molecule has 2 atom stereocenters. The van der Waals surface area contributed by atoms with Gasteiger partial charge in [-0.2, -0.15) is 11.8 Å². The third-order valence-corrected chi connectivity index (χ3v) is 5.69. The molecule has 1 aromatic carbocycles. The molecule has 0 amide bonds. The van der Waals surface area contributed by atoms with Gasteiger partial charge in [-0.1, -0.05) is 25.1 Å². The van der Waals surface area contributed by atoms with Crippen LogP contribution in [0.3, 0.4) is 0 Å². The van der Waals surface area contributed by atoms with Crippen LogP contribution in [0, 0.1) is 0 Å². The molecule has 0 saturated carbocycles. The van der Waals surface area contributed by atoms with Crippen molar-refractivity contribution in [1.29, 1.82) is 0 Å². The van der Waals surface area contributed by atoms with Gasteiger partial charge >= 0.3 is 0 Å². The minimum Gasteiger partial charge on any atom is -0.496 e. The van der Waals surface area contributed by atoms with Crippen LogP contribution < -0.4 is 10.1 Å². The summed E-state index contributed by atoms with van der Waals surface area (Å²) < 4.78 is 5.84. The highest BCUT2D eigenvalue weighted by Crippen LogP contribution is 2.41. The predicted molar refractivity (Wildman–Crippen MR) is 84.3 cm³/mol. The third kappa shape index (κ3) is 3.46. The molecule has 0 spiro atoms. The second-order valence-electron chi connectivity index (χ2n) is 5.39. The van der Waals surface area contributed by atoms with Crippen molar-refractivity contribution < 1.29 is 4.74 Å². The molecule has 2 rings (SSSR count). The number of hydrogen-bond acceptors (Lipinski definition) is 3. The lowest BCUT2D eigenvalue weighted by molar-refractivity contribution is 0.384. The number of benzene rings is 1. The fourth-order valence-electron chi connectivity index (χ4n) is 2.92. The molecule has 1 saturated heterocycles. The van der Waals surface area contributed by atoms with E-state index in [1.165, 1.54) is 24.2 Å². The van der Waals surface area contributed by atoms with E-state index in [1.807, 2.05) is 6.07 Å². The van der Waals surface area contributed by atoms with Crippen LogP contribution in [-0.2, 0) is 6.42 Å². The fourth-order valence-corrected chi connectivity index (χ4v) is 4.33. The third-order valence-electron chi connectivity index (χ3n) is 4.05. The summed E-state index contributed by atoms with van der Waals surface area (Å²) in [5.74, 6) is 2.31. The van der Waals surface area contributed by atoms with E-state index in [9.17, 15) is 0 Å². The zero-order valence-electron chi connectivity index (χ0n) is 12.2. The number of hydrogen-bond donors (Lipinski definition) is 1. The first-order valence-corrected chi connectivity index (χ1v) is 8.17. The first-order chi connectivity index (χ1) is 9.19. The van der Waals surface area contributed by atoms with Crippen molar-refractivity contribution in [1.82, 2.24) is 5.32 Å². The Morgan fingerprint density at radius 1 is 1.42 bits per heavy atom. The molecular formula is C16H25NOS. The first kappa shape index (κ1) is 14.7. The van der Waals surface area contributed by atoms with Gasteiger partial charge in [0.1, 0.15) is 5.75 Å². The smallest absolute Gasteiger partial charge is 0.122 e. The Hall–Kier alpha value is -0.670. The van der Waals surface area contributed by atoms with Gasteiger partial charge in [-0.15, -0.1) is 0 Å². The Balaban J connectivity index is 2.16. The number of likely N-dealkylation sites (N-methyl/N-ethyl adjacent to an activating group) is 1. The molecule has 1 fully saturated rings. The lowest BCUT2D eigenvalue weighted by Gasteiger charge is -2.34. The zero-order chi connectivity index (χ0) is 13.7. The van der Waals surface area contributed by atoms with Crippen molar-refractivity contribution in [3.05, 3.63) is 29.8 Å². The van der Waals surface area contributed by atoms with Gasteiger partial charge in [0, 0.05) is 10.8 Å². The molecule has 0 bridgehead atoms. The highest BCUT2D eigenvalue weighted by atomic mass is 32.2.